The van der Waals surface area contributed by atoms with Crippen molar-refractivity contribution in [3.8, 4) is 22.5 Å². The lowest BCUT2D eigenvalue weighted by Gasteiger charge is -2.10. The zero-order valence-corrected chi connectivity index (χ0v) is 15.8. The Morgan fingerprint density at radius 2 is 1.50 bits per heavy atom. The molecular formula is C22H17N5O3. The summed E-state index contributed by atoms with van der Waals surface area (Å²) in [6.07, 6.45) is 0.0484. The van der Waals surface area contributed by atoms with Crippen LogP contribution in [0.3, 0.4) is 0 Å². The van der Waals surface area contributed by atoms with E-state index >= 15 is 0 Å². The van der Waals surface area contributed by atoms with Crippen molar-refractivity contribution in [2.24, 2.45) is 0 Å². The summed E-state index contributed by atoms with van der Waals surface area (Å²) in [6, 6.07) is 25.0. The van der Waals surface area contributed by atoms with Crippen LogP contribution in [0.1, 0.15) is 5.56 Å². The number of carbonyl (C=O) groups excluding carboxylic acids is 1. The minimum absolute atomic E-state index is 0.0192. The summed E-state index contributed by atoms with van der Waals surface area (Å²) < 4.78 is 0. The second-order valence-corrected chi connectivity index (χ2v) is 6.57. The van der Waals surface area contributed by atoms with Crippen LogP contribution in [0.15, 0.2) is 84.9 Å². The fourth-order valence-corrected chi connectivity index (χ4v) is 3.08. The van der Waals surface area contributed by atoms with E-state index in [0.717, 1.165) is 11.1 Å². The molecule has 30 heavy (non-hydrogen) atoms. The molecule has 0 fully saturated rings. The number of aromatic nitrogens is 3. The number of benzene rings is 3. The van der Waals surface area contributed by atoms with Gasteiger partial charge in [-0.15, -0.1) is 5.10 Å². The second-order valence-electron chi connectivity index (χ2n) is 6.57. The van der Waals surface area contributed by atoms with Gasteiger partial charge in [0, 0.05) is 23.3 Å². The first-order chi connectivity index (χ1) is 14.6. The van der Waals surface area contributed by atoms with Gasteiger partial charge in [0.2, 0.25) is 5.91 Å². The van der Waals surface area contributed by atoms with Crippen molar-refractivity contribution in [2.75, 3.05) is 5.43 Å². The molecule has 0 aliphatic carbocycles. The van der Waals surface area contributed by atoms with Gasteiger partial charge in [-0.3, -0.25) is 14.9 Å². The summed E-state index contributed by atoms with van der Waals surface area (Å²) >= 11 is 0. The molecule has 0 saturated heterocycles. The predicted molar refractivity (Wildman–Crippen MR) is 112 cm³/mol. The SMILES string of the molecule is O=C(Cc1ccc([N+](=O)[O-])cc1)Nn1nnc(-c2ccccc2)c1-c1ccccc1. The van der Waals surface area contributed by atoms with Crippen molar-refractivity contribution >= 4 is 11.6 Å². The van der Waals surface area contributed by atoms with E-state index in [1.165, 1.54) is 16.9 Å². The lowest BCUT2D eigenvalue weighted by atomic mass is 10.1. The standard InChI is InChI=1S/C22H17N5O3/c28-20(15-16-11-13-19(14-12-16)27(29)30)24-26-22(18-9-5-2-6-10-18)21(23-25-26)17-7-3-1-4-8-17/h1-14H,15H2,(H,24,28). The molecule has 0 unspecified atom stereocenters. The Bertz CT molecular complexity index is 1170. The Morgan fingerprint density at radius 3 is 2.10 bits per heavy atom. The van der Waals surface area contributed by atoms with Gasteiger partial charge in [-0.1, -0.05) is 72.8 Å². The zero-order valence-electron chi connectivity index (χ0n) is 15.8. The normalized spacial score (nSPS) is 10.5. The second kappa shape index (κ2) is 8.36. The first kappa shape index (κ1) is 19.0. The maximum atomic E-state index is 12.6. The van der Waals surface area contributed by atoms with E-state index in [4.69, 9.17) is 0 Å². The highest BCUT2D eigenvalue weighted by molar-refractivity contribution is 5.87. The minimum atomic E-state index is -0.476. The fourth-order valence-electron chi connectivity index (χ4n) is 3.08. The highest BCUT2D eigenvalue weighted by atomic mass is 16.6. The van der Waals surface area contributed by atoms with Crippen LogP contribution in [0.2, 0.25) is 0 Å². The maximum absolute atomic E-state index is 12.6. The summed E-state index contributed by atoms with van der Waals surface area (Å²) in [5.74, 6) is -0.314. The molecule has 8 nitrogen and oxygen atoms in total. The number of hydrogen-bond acceptors (Lipinski definition) is 5. The molecule has 1 aromatic heterocycles. The van der Waals surface area contributed by atoms with E-state index in [2.05, 4.69) is 15.7 Å². The van der Waals surface area contributed by atoms with Gasteiger partial charge in [0.25, 0.3) is 5.69 Å². The molecule has 0 aliphatic rings. The quantitative estimate of drug-likeness (QED) is 0.392. The van der Waals surface area contributed by atoms with Gasteiger partial charge in [0.05, 0.1) is 11.3 Å². The maximum Gasteiger partial charge on any atom is 0.269 e. The number of non-ortho nitro benzene ring substituents is 1. The number of nitro benzene ring substituents is 1. The van der Waals surface area contributed by atoms with Crippen LogP contribution in [-0.4, -0.2) is 25.9 Å². The Kier molecular flexibility index (Phi) is 5.29. The van der Waals surface area contributed by atoms with Crippen LogP contribution in [0.25, 0.3) is 22.5 Å². The first-order valence-corrected chi connectivity index (χ1v) is 9.21. The Balaban J connectivity index is 1.62. The van der Waals surface area contributed by atoms with Crippen molar-refractivity contribution in [3.63, 3.8) is 0 Å². The van der Waals surface area contributed by atoms with Gasteiger partial charge < -0.3 is 0 Å². The number of nitro groups is 1. The Hall–Kier alpha value is -4.33. The summed E-state index contributed by atoms with van der Waals surface area (Å²) in [5.41, 5.74) is 6.45. The molecule has 0 atom stereocenters. The predicted octanol–water partition coefficient (Wildman–Crippen LogP) is 3.83. The molecular weight excluding hydrogens is 382 g/mol. The lowest BCUT2D eigenvalue weighted by molar-refractivity contribution is -0.384. The van der Waals surface area contributed by atoms with E-state index in [1.54, 1.807) is 12.1 Å². The van der Waals surface area contributed by atoms with Crippen LogP contribution in [-0.2, 0) is 11.2 Å². The van der Waals surface area contributed by atoms with Gasteiger partial charge in [-0.2, -0.15) is 4.79 Å². The van der Waals surface area contributed by atoms with Crippen molar-refractivity contribution in [1.82, 2.24) is 15.1 Å². The molecule has 148 valence electrons. The van der Waals surface area contributed by atoms with Crippen molar-refractivity contribution < 1.29 is 9.72 Å². The van der Waals surface area contributed by atoms with Gasteiger partial charge >= 0.3 is 0 Å². The van der Waals surface area contributed by atoms with Gasteiger partial charge in [0.1, 0.15) is 11.4 Å². The molecule has 1 heterocycles. The number of rotatable bonds is 6. The minimum Gasteiger partial charge on any atom is -0.273 e. The number of amides is 1. The molecule has 1 N–H and O–H groups in total. The molecule has 1 amide bonds. The highest BCUT2D eigenvalue weighted by Gasteiger charge is 2.18. The van der Waals surface area contributed by atoms with E-state index < -0.39 is 4.92 Å². The molecule has 0 radical (unpaired) electrons. The third-order valence-electron chi connectivity index (χ3n) is 4.51. The van der Waals surface area contributed by atoms with Crippen LogP contribution in [0.5, 0.6) is 0 Å². The van der Waals surface area contributed by atoms with E-state index in [1.807, 2.05) is 60.7 Å². The van der Waals surface area contributed by atoms with Crippen LogP contribution in [0.4, 0.5) is 5.69 Å². The summed E-state index contributed by atoms with van der Waals surface area (Å²) in [7, 11) is 0. The van der Waals surface area contributed by atoms with E-state index in [0.29, 0.717) is 17.0 Å². The number of carbonyl (C=O) groups is 1. The molecule has 0 saturated carbocycles. The van der Waals surface area contributed by atoms with E-state index in [-0.39, 0.29) is 18.0 Å². The molecule has 0 bridgehead atoms. The monoisotopic (exact) mass is 399 g/mol. The molecule has 8 heteroatoms. The summed E-state index contributed by atoms with van der Waals surface area (Å²) in [4.78, 5) is 24.3. The number of hydrogen-bond donors (Lipinski definition) is 1. The first-order valence-electron chi connectivity index (χ1n) is 9.21. The van der Waals surface area contributed by atoms with Crippen LogP contribution < -0.4 is 5.43 Å². The zero-order chi connectivity index (χ0) is 20.9. The average molecular weight is 399 g/mol. The van der Waals surface area contributed by atoms with Gasteiger partial charge in [0.15, 0.2) is 0 Å². The van der Waals surface area contributed by atoms with Crippen molar-refractivity contribution in [3.05, 3.63) is 101 Å². The highest BCUT2D eigenvalue weighted by Crippen LogP contribution is 2.29. The molecule has 0 spiro atoms. The average Bonchev–Trinajstić information content (AvgIpc) is 3.18. The smallest absolute Gasteiger partial charge is 0.269 e. The number of nitrogens with one attached hydrogen (secondary N) is 1. The lowest BCUT2D eigenvalue weighted by Crippen LogP contribution is -2.26. The molecule has 4 aromatic rings. The number of nitrogens with zero attached hydrogens (tertiary/aromatic N) is 4. The largest absolute Gasteiger partial charge is 0.273 e. The molecule has 0 aliphatic heterocycles. The van der Waals surface area contributed by atoms with Crippen LogP contribution >= 0.6 is 0 Å². The summed E-state index contributed by atoms with van der Waals surface area (Å²) in [6.45, 7) is 0. The molecule has 4 rings (SSSR count). The van der Waals surface area contributed by atoms with Crippen molar-refractivity contribution in [1.29, 1.82) is 0 Å². The van der Waals surface area contributed by atoms with E-state index in [9.17, 15) is 14.9 Å². The molecule has 3 aromatic carbocycles. The third-order valence-corrected chi connectivity index (χ3v) is 4.51. The van der Waals surface area contributed by atoms with Gasteiger partial charge in [-0.05, 0) is 10.8 Å². The topological polar surface area (TPSA) is 103 Å². The van der Waals surface area contributed by atoms with Crippen molar-refractivity contribution in [2.45, 2.75) is 6.42 Å². The Morgan fingerprint density at radius 1 is 0.900 bits per heavy atom. The van der Waals surface area contributed by atoms with Crippen LogP contribution in [0, 0.1) is 10.1 Å². The fraction of sp³-hybridized carbons (Fsp3) is 0.0455. The Labute approximate surface area is 171 Å². The van der Waals surface area contributed by atoms with Gasteiger partial charge in [-0.25, -0.2) is 5.43 Å². The summed E-state index contributed by atoms with van der Waals surface area (Å²) in [5, 5.41) is 19.2. The third kappa shape index (κ3) is 4.07.